The maximum absolute atomic E-state index is 13.4. The van der Waals surface area contributed by atoms with E-state index in [4.69, 9.17) is 0 Å². The highest BCUT2D eigenvalue weighted by molar-refractivity contribution is 5.80. The predicted molar refractivity (Wildman–Crippen MR) is 130 cm³/mol. The van der Waals surface area contributed by atoms with E-state index in [1.54, 1.807) is 6.20 Å². The van der Waals surface area contributed by atoms with Gasteiger partial charge in [0.15, 0.2) is 0 Å². The van der Waals surface area contributed by atoms with Crippen molar-refractivity contribution in [2.75, 3.05) is 26.2 Å². The second-order valence-corrected chi connectivity index (χ2v) is 8.76. The molecule has 3 aromatic rings. The summed E-state index contributed by atoms with van der Waals surface area (Å²) in [5.41, 5.74) is 4.51. The molecule has 1 fully saturated rings. The first-order valence-corrected chi connectivity index (χ1v) is 12.0. The molecule has 1 aliphatic heterocycles. The number of carbonyl (C=O) groups is 1. The molecule has 0 radical (unpaired) electrons. The summed E-state index contributed by atoms with van der Waals surface area (Å²) in [6.45, 7) is 8.16. The molecule has 0 spiro atoms. The van der Waals surface area contributed by atoms with Crippen molar-refractivity contribution in [3.05, 3.63) is 78.1 Å². The number of pyridine rings is 1. The summed E-state index contributed by atoms with van der Waals surface area (Å²) in [5.74, 6) is 1.06. The van der Waals surface area contributed by atoms with Gasteiger partial charge < -0.3 is 4.90 Å². The molecule has 172 valence electrons. The van der Waals surface area contributed by atoms with Gasteiger partial charge in [0.05, 0.1) is 5.92 Å². The molecule has 33 heavy (non-hydrogen) atoms. The number of nitrogens with zero attached hydrogens (tertiary/aromatic N) is 5. The number of hydrogen-bond donors (Lipinski definition) is 0. The Bertz CT molecular complexity index is 1040. The minimum Gasteiger partial charge on any atom is -0.341 e. The zero-order valence-corrected chi connectivity index (χ0v) is 19.7. The zero-order valence-electron chi connectivity index (χ0n) is 19.7. The molecule has 1 aliphatic rings. The van der Waals surface area contributed by atoms with E-state index in [0.717, 1.165) is 74.5 Å². The van der Waals surface area contributed by atoms with E-state index < -0.39 is 0 Å². The molecule has 2 aromatic heterocycles. The second kappa shape index (κ2) is 11.1. The molecule has 1 aromatic carbocycles. The fourth-order valence-electron chi connectivity index (χ4n) is 4.50. The average Bonchev–Trinajstić information content (AvgIpc) is 2.99. The Kier molecular flexibility index (Phi) is 7.79. The Balaban J connectivity index is 1.52. The van der Waals surface area contributed by atoms with Gasteiger partial charge in [-0.3, -0.25) is 14.7 Å². The van der Waals surface area contributed by atoms with Crippen LogP contribution in [0.15, 0.2) is 61.2 Å². The normalized spacial score (nSPS) is 17.2. The third-order valence-electron chi connectivity index (χ3n) is 6.20. The van der Waals surface area contributed by atoms with Crippen molar-refractivity contribution in [3.8, 4) is 11.1 Å². The highest BCUT2D eigenvalue weighted by Crippen LogP contribution is 2.23. The van der Waals surface area contributed by atoms with Gasteiger partial charge in [0.25, 0.3) is 0 Å². The number of hydrogen-bond acceptors (Lipinski definition) is 5. The summed E-state index contributed by atoms with van der Waals surface area (Å²) in [5, 5.41) is 0. The molecule has 6 heteroatoms. The van der Waals surface area contributed by atoms with E-state index in [1.165, 1.54) is 5.56 Å². The molecular weight excluding hydrogens is 410 g/mol. The summed E-state index contributed by atoms with van der Waals surface area (Å²) in [7, 11) is 0. The molecular formula is C27H33N5O. The van der Waals surface area contributed by atoms with Crippen LogP contribution in [0.2, 0.25) is 0 Å². The highest BCUT2D eigenvalue weighted by Gasteiger charge is 2.30. The minimum atomic E-state index is -0.0703. The fourth-order valence-corrected chi connectivity index (χ4v) is 4.50. The van der Waals surface area contributed by atoms with E-state index in [2.05, 4.69) is 64.0 Å². The van der Waals surface area contributed by atoms with Crippen LogP contribution in [0.5, 0.6) is 0 Å². The van der Waals surface area contributed by atoms with Crippen molar-refractivity contribution in [1.29, 1.82) is 0 Å². The first-order chi connectivity index (χ1) is 16.2. The van der Waals surface area contributed by atoms with Crippen LogP contribution < -0.4 is 0 Å². The fraction of sp³-hybridized carbons (Fsp3) is 0.407. The lowest BCUT2D eigenvalue weighted by Gasteiger charge is -2.24. The first-order valence-electron chi connectivity index (χ1n) is 12.0. The number of benzene rings is 1. The number of amides is 1. The molecule has 0 unspecified atom stereocenters. The Hall–Kier alpha value is -3.12. The van der Waals surface area contributed by atoms with Crippen LogP contribution in [0.25, 0.3) is 11.1 Å². The summed E-state index contributed by atoms with van der Waals surface area (Å²) < 4.78 is 0. The third kappa shape index (κ3) is 6.02. The number of rotatable bonds is 8. The number of carbonyl (C=O) groups excluding carboxylic acids is 1. The summed E-state index contributed by atoms with van der Waals surface area (Å²) in [4.78, 5) is 31.0. The van der Waals surface area contributed by atoms with Crippen molar-refractivity contribution in [3.63, 3.8) is 0 Å². The first kappa shape index (κ1) is 23.1. The second-order valence-electron chi connectivity index (χ2n) is 8.76. The van der Waals surface area contributed by atoms with E-state index in [0.29, 0.717) is 0 Å². The van der Waals surface area contributed by atoms with Gasteiger partial charge in [0.2, 0.25) is 5.91 Å². The molecule has 1 saturated heterocycles. The van der Waals surface area contributed by atoms with Crippen molar-refractivity contribution in [2.45, 2.75) is 39.7 Å². The molecule has 1 amide bonds. The van der Waals surface area contributed by atoms with E-state index in [9.17, 15) is 4.79 Å². The van der Waals surface area contributed by atoms with Crippen LogP contribution in [-0.2, 0) is 24.2 Å². The Morgan fingerprint density at radius 3 is 2.52 bits per heavy atom. The van der Waals surface area contributed by atoms with E-state index in [1.807, 2.05) is 29.6 Å². The van der Waals surface area contributed by atoms with E-state index >= 15 is 0 Å². The van der Waals surface area contributed by atoms with Crippen molar-refractivity contribution in [1.82, 2.24) is 24.8 Å². The van der Waals surface area contributed by atoms with Gasteiger partial charge in [-0.05, 0) is 35.6 Å². The summed E-state index contributed by atoms with van der Waals surface area (Å²) in [6, 6.07) is 12.5. The van der Waals surface area contributed by atoms with Gasteiger partial charge in [-0.1, -0.05) is 44.2 Å². The third-order valence-corrected chi connectivity index (χ3v) is 6.20. The van der Waals surface area contributed by atoms with Crippen molar-refractivity contribution in [2.24, 2.45) is 5.92 Å². The molecule has 0 N–H and O–H groups in total. The zero-order chi connectivity index (χ0) is 23.0. The Labute approximate surface area is 196 Å². The van der Waals surface area contributed by atoms with Crippen LogP contribution in [0, 0.1) is 5.92 Å². The topological polar surface area (TPSA) is 62.2 Å². The molecule has 3 heterocycles. The van der Waals surface area contributed by atoms with Gasteiger partial charge in [0, 0.05) is 69.5 Å². The van der Waals surface area contributed by atoms with Gasteiger partial charge in [0.1, 0.15) is 5.82 Å². The lowest BCUT2D eigenvalue weighted by Crippen LogP contribution is -2.37. The van der Waals surface area contributed by atoms with Gasteiger partial charge in [-0.2, -0.15) is 0 Å². The van der Waals surface area contributed by atoms with Crippen molar-refractivity contribution >= 4 is 5.91 Å². The quantitative estimate of drug-likeness (QED) is 0.526. The maximum atomic E-state index is 13.4. The predicted octanol–water partition coefficient (Wildman–Crippen LogP) is 4.01. The molecule has 6 nitrogen and oxygen atoms in total. The van der Waals surface area contributed by atoms with Crippen LogP contribution in [0.1, 0.15) is 37.2 Å². The molecule has 1 atom stereocenters. The van der Waals surface area contributed by atoms with Crippen LogP contribution in [0.3, 0.4) is 0 Å². The highest BCUT2D eigenvalue weighted by atomic mass is 16.2. The van der Waals surface area contributed by atoms with Crippen molar-refractivity contribution < 1.29 is 4.79 Å². The van der Waals surface area contributed by atoms with Gasteiger partial charge >= 0.3 is 0 Å². The standard InChI is InChI=1S/C27H33N5O/c1-3-11-32-13-12-31(19-22-16-29-26(4-2)30-17-22)20-25(27(32)33)15-21-7-5-8-23(14-21)24-9-6-10-28-18-24/h5-10,14,16-18,25H,3-4,11-13,15,19-20H2,1-2H3/t25-/m0/s1. The molecule has 4 rings (SSSR count). The summed E-state index contributed by atoms with van der Waals surface area (Å²) >= 11 is 0. The lowest BCUT2D eigenvalue weighted by atomic mass is 9.95. The smallest absolute Gasteiger partial charge is 0.227 e. The number of aryl methyl sites for hydroxylation is 1. The largest absolute Gasteiger partial charge is 0.341 e. The van der Waals surface area contributed by atoms with Crippen LogP contribution >= 0.6 is 0 Å². The van der Waals surface area contributed by atoms with E-state index in [-0.39, 0.29) is 11.8 Å². The lowest BCUT2D eigenvalue weighted by molar-refractivity contribution is -0.134. The molecule has 0 aliphatic carbocycles. The average molecular weight is 444 g/mol. The van der Waals surface area contributed by atoms with Crippen LogP contribution in [-0.4, -0.2) is 56.8 Å². The Morgan fingerprint density at radius 2 is 1.79 bits per heavy atom. The van der Waals surface area contributed by atoms with Gasteiger partial charge in [-0.15, -0.1) is 0 Å². The number of aromatic nitrogens is 3. The van der Waals surface area contributed by atoms with Crippen LogP contribution in [0.4, 0.5) is 0 Å². The Morgan fingerprint density at radius 1 is 0.970 bits per heavy atom. The SMILES string of the molecule is CCCN1CCN(Cc2cnc(CC)nc2)C[C@H](Cc2cccc(-c3cccnc3)c2)C1=O. The monoisotopic (exact) mass is 443 g/mol. The maximum Gasteiger partial charge on any atom is 0.227 e. The summed E-state index contributed by atoms with van der Waals surface area (Å²) in [6.07, 6.45) is 10.1. The van der Waals surface area contributed by atoms with Gasteiger partial charge in [-0.25, -0.2) is 9.97 Å². The minimum absolute atomic E-state index is 0.0703. The molecule has 0 saturated carbocycles. The molecule has 0 bridgehead atoms.